The number of alkyl halides is 1. The highest BCUT2D eigenvalue weighted by molar-refractivity contribution is 6.01. The second-order valence-electron chi connectivity index (χ2n) is 10.8. The van der Waals surface area contributed by atoms with Crippen molar-refractivity contribution < 1.29 is 28.2 Å². The van der Waals surface area contributed by atoms with Gasteiger partial charge in [-0.3, -0.25) is 14.3 Å². The van der Waals surface area contributed by atoms with E-state index >= 15 is 0 Å². The van der Waals surface area contributed by atoms with Crippen molar-refractivity contribution in [1.82, 2.24) is 20.4 Å². The van der Waals surface area contributed by atoms with Gasteiger partial charge in [0.15, 0.2) is 0 Å². The van der Waals surface area contributed by atoms with Crippen molar-refractivity contribution in [2.24, 2.45) is 0 Å². The maximum atomic E-state index is 13.2. The van der Waals surface area contributed by atoms with Crippen LogP contribution >= 0.6 is 0 Å². The van der Waals surface area contributed by atoms with Crippen molar-refractivity contribution in [1.29, 1.82) is 0 Å². The van der Waals surface area contributed by atoms with Crippen molar-refractivity contribution in [2.45, 2.75) is 75.3 Å². The van der Waals surface area contributed by atoms with E-state index in [1.165, 1.54) is 6.20 Å². The number of fused-ring (bicyclic) bond motifs is 2. The summed E-state index contributed by atoms with van der Waals surface area (Å²) in [7, 11) is 1.70. The van der Waals surface area contributed by atoms with Gasteiger partial charge in [-0.25, -0.2) is 4.39 Å². The van der Waals surface area contributed by atoms with Crippen LogP contribution in [0.4, 0.5) is 4.39 Å². The third-order valence-electron chi connectivity index (χ3n) is 7.46. The Morgan fingerprint density at radius 2 is 2.05 bits per heavy atom. The van der Waals surface area contributed by atoms with Crippen LogP contribution in [-0.4, -0.2) is 60.3 Å². The second kappa shape index (κ2) is 10.9. The summed E-state index contributed by atoms with van der Waals surface area (Å²) in [6, 6.07) is 3.73. The van der Waals surface area contributed by atoms with E-state index in [4.69, 9.17) is 19.3 Å². The molecule has 2 saturated heterocycles. The van der Waals surface area contributed by atoms with E-state index in [1.807, 2.05) is 23.0 Å². The van der Waals surface area contributed by atoms with Crippen LogP contribution in [0.5, 0.6) is 5.75 Å². The molecule has 0 radical (unpaired) electrons. The molecule has 5 aliphatic rings. The minimum atomic E-state index is -0.417. The number of methoxy groups -OCH3 is 1. The van der Waals surface area contributed by atoms with Crippen LogP contribution in [0.3, 0.4) is 0 Å². The van der Waals surface area contributed by atoms with E-state index in [2.05, 4.69) is 10.6 Å². The third kappa shape index (κ3) is 5.61. The predicted octanol–water partition coefficient (Wildman–Crippen LogP) is 3.88. The van der Waals surface area contributed by atoms with Gasteiger partial charge >= 0.3 is 0 Å². The maximum absolute atomic E-state index is 13.2. The van der Waals surface area contributed by atoms with Gasteiger partial charge in [0, 0.05) is 49.5 Å². The number of allylic oxidation sites excluding steroid dienone is 3. The lowest BCUT2D eigenvalue weighted by Gasteiger charge is -2.43. The lowest BCUT2D eigenvalue weighted by molar-refractivity contribution is -0.108. The van der Waals surface area contributed by atoms with Crippen LogP contribution in [0.1, 0.15) is 62.2 Å². The largest absolute Gasteiger partial charge is 0.490 e. The zero-order valence-electron chi connectivity index (χ0n) is 21.9. The first kappa shape index (κ1) is 26.4. The Bertz CT molecular complexity index is 1240. The molecule has 0 unspecified atom stereocenters. The third-order valence-corrected chi connectivity index (χ3v) is 7.46. The van der Waals surface area contributed by atoms with E-state index in [0.29, 0.717) is 36.6 Å². The molecular formula is C28H35FN4O5. The minimum absolute atomic E-state index is 0.128. The van der Waals surface area contributed by atoms with Gasteiger partial charge in [0.2, 0.25) is 6.41 Å². The first-order valence-electron chi connectivity index (χ1n) is 13.2. The number of carbonyl (C=O) groups excluding carboxylic acids is 2. The summed E-state index contributed by atoms with van der Waals surface area (Å²) >= 11 is 0. The average Bonchev–Trinajstić information content (AvgIpc) is 3.24. The van der Waals surface area contributed by atoms with Gasteiger partial charge in [-0.1, -0.05) is 0 Å². The fourth-order valence-corrected chi connectivity index (χ4v) is 5.15. The van der Waals surface area contributed by atoms with Crippen LogP contribution in [0, 0.1) is 0 Å². The highest BCUT2D eigenvalue weighted by Gasteiger charge is 2.64. The summed E-state index contributed by atoms with van der Waals surface area (Å²) < 4.78 is 30.7. The molecule has 3 saturated carbocycles. The first-order chi connectivity index (χ1) is 18.4. The Hall–Kier alpha value is -3.24. The number of carbonyl (C=O) groups is 2. The quantitative estimate of drug-likeness (QED) is 0.360. The SMILES string of the molecule is COCC12CC(n3cc4cc(C(=O)N/C(C)=C/C=C\NC=O)c(OC5CCC5)cc4n3)(CO1)C2.FC1CC1. The number of hydrogen-bond donors (Lipinski definition) is 2. The molecule has 10 heteroatoms. The van der Waals surface area contributed by atoms with Crippen LogP contribution < -0.4 is 15.4 Å². The van der Waals surface area contributed by atoms with E-state index < -0.39 is 6.17 Å². The van der Waals surface area contributed by atoms with Gasteiger partial charge in [-0.2, -0.15) is 5.10 Å². The molecule has 3 aliphatic carbocycles. The van der Waals surface area contributed by atoms with Crippen molar-refractivity contribution in [3.05, 3.63) is 47.9 Å². The Morgan fingerprint density at radius 1 is 1.29 bits per heavy atom. The van der Waals surface area contributed by atoms with E-state index in [0.717, 1.165) is 55.8 Å². The summed E-state index contributed by atoms with van der Waals surface area (Å²) in [5, 5.41) is 11.1. The van der Waals surface area contributed by atoms with Crippen molar-refractivity contribution in [2.75, 3.05) is 20.3 Å². The number of halogens is 1. The molecule has 204 valence electrons. The number of benzene rings is 1. The lowest BCUT2D eigenvalue weighted by atomic mass is 9.69. The Kier molecular flexibility index (Phi) is 7.54. The molecule has 0 atom stereocenters. The minimum Gasteiger partial charge on any atom is -0.490 e. The maximum Gasteiger partial charge on any atom is 0.259 e. The van der Waals surface area contributed by atoms with E-state index in [-0.39, 0.29) is 23.2 Å². The van der Waals surface area contributed by atoms with Gasteiger partial charge < -0.3 is 24.8 Å². The summed E-state index contributed by atoms with van der Waals surface area (Å²) in [5.74, 6) is 0.299. The molecule has 38 heavy (non-hydrogen) atoms. The Balaban J connectivity index is 0.000000673. The van der Waals surface area contributed by atoms with Gasteiger partial charge in [0.1, 0.15) is 11.9 Å². The molecule has 1 aromatic heterocycles. The number of amides is 2. The standard InChI is InChI=1S/C25H30N4O5.C3H5F/c1-17(5-4-8-26-16-30)27-23(31)20-9-18-11-29(24-12-25(13-24,15-32-2)33-14-24)28-21(18)10-22(20)34-19-6-3-7-19;4-3-1-2-3/h4-5,8-11,16,19H,3,6-7,12-15H2,1-2H3,(H,26,30)(H,27,31);3H,1-2H2/b8-4-,17-5+;. The highest BCUT2D eigenvalue weighted by Crippen LogP contribution is 2.56. The summed E-state index contributed by atoms with van der Waals surface area (Å²) in [5.41, 5.74) is 1.56. The fraction of sp³-hybridized carbons (Fsp3) is 0.536. The normalized spacial score (nSPS) is 26.3. The number of nitrogens with one attached hydrogen (secondary N) is 2. The van der Waals surface area contributed by atoms with Crippen LogP contribution in [0.15, 0.2) is 42.4 Å². The van der Waals surface area contributed by atoms with Crippen LogP contribution in [-0.2, 0) is 19.8 Å². The van der Waals surface area contributed by atoms with Crippen molar-refractivity contribution in [3.8, 4) is 5.75 Å². The van der Waals surface area contributed by atoms with Crippen molar-refractivity contribution >= 4 is 23.2 Å². The van der Waals surface area contributed by atoms with Crippen LogP contribution in [0.2, 0.25) is 0 Å². The van der Waals surface area contributed by atoms with Crippen molar-refractivity contribution in [3.63, 3.8) is 0 Å². The number of nitrogens with zero attached hydrogens (tertiary/aromatic N) is 2. The molecule has 7 rings (SSSR count). The molecule has 2 amide bonds. The van der Waals surface area contributed by atoms with Gasteiger partial charge in [-0.05, 0) is 57.2 Å². The Morgan fingerprint density at radius 3 is 2.68 bits per heavy atom. The van der Waals surface area contributed by atoms with E-state index in [9.17, 15) is 14.0 Å². The predicted molar refractivity (Wildman–Crippen MR) is 139 cm³/mol. The molecule has 1 aromatic carbocycles. The summed E-state index contributed by atoms with van der Waals surface area (Å²) in [6.45, 7) is 2.99. The van der Waals surface area contributed by atoms with E-state index in [1.54, 1.807) is 26.2 Å². The molecule has 3 heterocycles. The summed E-state index contributed by atoms with van der Waals surface area (Å²) in [4.78, 5) is 23.5. The molecule has 2 N–H and O–H groups in total. The fourth-order valence-electron chi connectivity index (χ4n) is 5.15. The monoisotopic (exact) mass is 526 g/mol. The first-order valence-corrected chi connectivity index (χ1v) is 13.2. The molecule has 0 spiro atoms. The highest BCUT2D eigenvalue weighted by atomic mass is 19.1. The molecular weight excluding hydrogens is 491 g/mol. The molecule has 2 aromatic rings. The zero-order chi connectivity index (χ0) is 26.8. The topological polar surface area (TPSA) is 104 Å². The lowest BCUT2D eigenvalue weighted by Crippen LogP contribution is -2.53. The van der Waals surface area contributed by atoms with Crippen LogP contribution in [0.25, 0.3) is 10.9 Å². The smallest absolute Gasteiger partial charge is 0.259 e. The van der Waals surface area contributed by atoms with Gasteiger partial charge in [-0.15, -0.1) is 0 Å². The number of ether oxygens (including phenoxy) is 3. The zero-order valence-corrected chi connectivity index (χ0v) is 21.9. The van der Waals surface area contributed by atoms with Gasteiger partial charge in [0.25, 0.3) is 5.91 Å². The number of rotatable bonds is 10. The molecule has 9 nitrogen and oxygen atoms in total. The van der Waals surface area contributed by atoms with Gasteiger partial charge in [0.05, 0.1) is 41.5 Å². The number of aromatic nitrogens is 2. The Labute approximate surface area is 221 Å². The molecule has 2 aliphatic heterocycles. The molecule has 5 fully saturated rings. The average molecular weight is 527 g/mol. The summed E-state index contributed by atoms with van der Waals surface area (Å²) in [6.07, 6.45) is 13.6. The second-order valence-corrected chi connectivity index (χ2v) is 10.8. The number of hydrogen-bond acceptors (Lipinski definition) is 6. The molecule has 2 bridgehead atoms.